The Bertz CT molecular complexity index is 296. The van der Waals surface area contributed by atoms with Crippen molar-refractivity contribution in [2.75, 3.05) is 13.1 Å². The second kappa shape index (κ2) is 7.20. The van der Waals surface area contributed by atoms with Gasteiger partial charge in [0, 0.05) is 19.5 Å². The zero-order valence-corrected chi connectivity index (χ0v) is 10.8. The van der Waals surface area contributed by atoms with Gasteiger partial charge in [0.25, 0.3) is 0 Å². The van der Waals surface area contributed by atoms with E-state index in [9.17, 15) is 14.7 Å². The van der Waals surface area contributed by atoms with E-state index in [1.807, 2.05) is 0 Å². The van der Waals surface area contributed by atoms with E-state index < -0.39 is 24.1 Å². The highest BCUT2D eigenvalue weighted by Crippen LogP contribution is 2.18. The van der Waals surface area contributed by atoms with Gasteiger partial charge in [-0.25, -0.2) is 9.59 Å². The minimum Gasteiger partial charge on any atom is -0.480 e. The molecule has 18 heavy (non-hydrogen) atoms. The molecule has 0 aromatic rings. The number of likely N-dealkylation sites (tertiary alicyclic amines) is 1. The van der Waals surface area contributed by atoms with Gasteiger partial charge < -0.3 is 20.4 Å². The smallest absolute Gasteiger partial charge is 0.326 e. The zero-order chi connectivity index (χ0) is 13.5. The molecule has 1 rings (SSSR count). The van der Waals surface area contributed by atoms with Gasteiger partial charge >= 0.3 is 12.0 Å². The van der Waals surface area contributed by atoms with Crippen LogP contribution in [0.1, 0.15) is 39.0 Å². The van der Waals surface area contributed by atoms with Crippen LogP contribution in [0, 0.1) is 0 Å². The number of β-amino-alcohol motifs (C(OH)–C–C–N with tert-alkyl or cyclic N) is 1. The van der Waals surface area contributed by atoms with Crippen LogP contribution in [-0.4, -0.2) is 52.3 Å². The molecule has 0 unspecified atom stereocenters. The van der Waals surface area contributed by atoms with Crippen LogP contribution in [-0.2, 0) is 4.79 Å². The maximum absolute atomic E-state index is 11.8. The molecule has 2 amide bonds. The number of hydrogen-bond donors (Lipinski definition) is 3. The third-order valence-electron chi connectivity index (χ3n) is 3.13. The van der Waals surface area contributed by atoms with E-state index in [1.165, 1.54) is 4.90 Å². The summed E-state index contributed by atoms with van der Waals surface area (Å²) in [6.45, 7) is 2.76. The Labute approximate surface area is 107 Å². The largest absolute Gasteiger partial charge is 0.480 e. The molecule has 1 heterocycles. The Hall–Kier alpha value is -1.30. The number of nitrogens with one attached hydrogen (secondary N) is 1. The van der Waals surface area contributed by atoms with Crippen molar-refractivity contribution in [2.24, 2.45) is 0 Å². The molecule has 0 spiro atoms. The second-order valence-corrected chi connectivity index (χ2v) is 4.69. The number of aliphatic carboxylic acids is 1. The Morgan fingerprint density at radius 2 is 2.06 bits per heavy atom. The maximum atomic E-state index is 11.8. The quantitative estimate of drug-likeness (QED) is 0.615. The fourth-order valence-corrected chi connectivity index (χ4v) is 2.12. The van der Waals surface area contributed by atoms with E-state index >= 15 is 0 Å². The van der Waals surface area contributed by atoms with Crippen molar-refractivity contribution in [3.63, 3.8) is 0 Å². The molecule has 2 atom stereocenters. The lowest BCUT2D eigenvalue weighted by molar-refractivity contribution is -0.141. The fraction of sp³-hybridized carbons (Fsp3) is 0.833. The first kappa shape index (κ1) is 14.8. The van der Waals surface area contributed by atoms with Crippen LogP contribution in [0.15, 0.2) is 0 Å². The molecule has 1 aliphatic rings. The third-order valence-corrected chi connectivity index (χ3v) is 3.13. The third kappa shape index (κ3) is 4.18. The van der Waals surface area contributed by atoms with Gasteiger partial charge in [-0.2, -0.15) is 0 Å². The maximum Gasteiger partial charge on any atom is 0.326 e. The van der Waals surface area contributed by atoms with Crippen LogP contribution in [0.3, 0.4) is 0 Å². The number of carbonyl (C=O) groups is 2. The second-order valence-electron chi connectivity index (χ2n) is 4.69. The topological polar surface area (TPSA) is 89.9 Å². The number of hydrogen-bond acceptors (Lipinski definition) is 3. The van der Waals surface area contributed by atoms with E-state index in [0.717, 1.165) is 25.7 Å². The number of amides is 2. The first-order valence-electron chi connectivity index (χ1n) is 6.51. The number of carbonyl (C=O) groups excluding carboxylic acids is 1. The molecule has 3 N–H and O–H groups in total. The molecule has 0 saturated carbocycles. The zero-order valence-electron chi connectivity index (χ0n) is 10.8. The average Bonchev–Trinajstić information content (AvgIpc) is 2.71. The van der Waals surface area contributed by atoms with E-state index in [1.54, 1.807) is 0 Å². The Morgan fingerprint density at radius 3 is 2.67 bits per heavy atom. The van der Waals surface area contributed by atoms with Gasteiger partial charge in [-0.15, -0.1) is 0 Å². The molecular formula is C12H22N2O4. The van der Waals surface area contributed by atoms with Crippen molar-refractivity contribution in [1.82, 2.24) is 10.2 Å². The number of urea groups is 1. The van der Waals surface area contributed by atoms with Crippen LogP contribution in [0.5, 0.6) is 0 Å². The van der Waals surface area contributed by atoms with E-state index in [0.29, 0.717) is 6.54 Å². The standard InChI is InChI=1S/C12H22N2O4/c1-2-3-4-5-6-13-12(18)14-8-9(15)7-10(14)11(16)17/h9-10,15H,2-8H2,1H3,(H,13,18)(H,16,17)/t9-,10-/m0/s1. The van der Waals surface area contributed by atoms with Crippen molar-refractivity contribution >= 4 is 12.0 Å². The lowest BCUT2D eigenvalue weighted by Gasteiger charge is -2.21. The summed E-state index contributed by atoms with van der Waals surface area (Å²) in [6.07, 6.45) is 3.59. The summed E-state index contributed by atoms with van der Waals surface area (Å²) in [5.74, 6) is -1.06. The van der Waals surface area contributed by atoms with Gasteiger partial charge in [0.2, 0.25) is 0 Å². The van der Waals surface area contributed by atoms with Crippen molar-refractivity contribution in [2.45, 2.75) is 51.2 Å². The van der Waals surface area contributed by atoms with Gasteiger partial charge in [0.05, 0.1) is 6.10 Å². The van der Waals surface area contributed by atoms with Gasteiger partial charge in [-0.1, -0.05) is 26.2 Å². The minimum absolute atomic E-state index is 0.0950. The average molecular weight is 258 g/mol. The summed E-state index contributed by atoms with van der Waals surface area (Å²) in [7, 11) is 0. The number of carboxylic acids is 1. The summed E-state index contributed by atoms with van der Waals surface area (Å²) < 4.78 is 0. The minimum atomic E-state index is -1.06. The van der Waals surface area contributed by atoms with Crippen molar-refractivity contribution < 1.29 is 19.8 Å². The van der Waals surface area contributed by atoms with Gasteiger partial charge in [-0.3, -0.25) is 0 Å². The summed E-state index contributed by atoms with van der Waals surface area (Å²) in [5, 5.41) is 21.1. The number of aliphatic hydroxyl groups is 1. The normalized spacial score (nSPS) is 23.1. The van der Waals surface area contributed by atoms with E-state index in [4.69, 9.17) is 5.11 Å². The molecule has 1 fully saturated rings. The lowest BCUT2D eigenvalue weighted by atomic mass is 10.2. The molecule has 6 nitrogen and oxygen atoms in total. The molecule has 1 aliphatic heterocycles. The molecule has 0 aromatic heterocycles. The molecular weight excluding hydrogens is 236 g/mol. The number of carboxylic acid groups (broad SMARTS) is 1. The number of rotatable bonds is 6. The molecule has 6 heteroatoms. The summed E-state index contributed by atoms with van der Waals surface area (Å²) in [4.78, 5) is 23.9. The molecule has 1 saturated heterocycles. The monoisotopic (exact) mass is 258 g/mol. The first-order valence-corrected chi connectivity index (χ1v) is 6.51. The highest BCUT2D eigenvalue weighted by atomic mass is 16.4. The predicted molar refractivity (Wildman–Crippen MR) is 66.3 cm³/mol. The highest BCUT2D eigenvalue weighted by molar-refractivity contribution is 5.83. The summed E-state index contributed by atoms with van der Waals surface area (Å²) >= 11 is 0. The highest BCUT2D eigenvalue weighted by Gasteiger charge is 2.38. The van der Waals surface area contributed by atoms with Crippen LogP contribution < -0.4 is 5.32 Å². The SMILES string of the molecule is CCCCCCNC(=O)N1C[C@@H](O)C[C@H]1C(=O)O. The van der Waals surface area contributed by atoms with Gasteiger partial charge in [0.15, 0.2) is 0 Å². The van der Waals surface area contributed by atoms with Crippen LogP contribution in [0.4, 0.5) is 4.79 Å². The van der Waals surface area contributed by atoms with Gasteiger partial charge in [0.1, 0.15) is 6.04 Å². The molecule has 0 aromatic carbocycles. The van der Waals surface area contributed by atoms with Crippen LogP contribution in [0.25, 0.3) is 0 Å². The van der Waals surface area contributed by atoms with Crippen LogP contribution in [0.2, 0.25) is 0 Å². The van der Waals surface area contributed by atoms with Crippen molar-refractivity contribution in [3.05, 3.63) is 0 Å². The Balaban J connectivity index is 2.33. The van der Waals surface area contributed by atoms with E-state index in [2.05, 4.69) is 12.2 Å². The number of unbranched alkanes of at least 4 members (excludes halogenated alkanes) is 3. The van der Waals surface area contributed by atoms with Gasteiger partial charge in [-0.05, 0) is 6.42 Å². The number of nitrogens with zero attached hydrogens (tertiary/aromatic N) is 1. The molecule has 0 bridgehead atoms. The molecule has 0 aliphatic carbocycles. The van der Waals surface area contributed by atoms with Crippen LogP contribution >= 0.6 is 0 Å². The lowest BCUT2D eigenvalue weighted by Crippen LogP contribution is -2.46. The van der Waals surface area contributed by atoms with Crippen molar-refractivity contribution in [3.8, 4) is 0 Å². The first-order chi connectivity index (χ1) is 8.56. The van der Waals surface area contributed by atoms with Crippen molar-refractivity contribution in [1.29, 1.82) is 0 Å². The summed E-state index contributed by atoms with van der Waals surface area (Å²) in [5.41, 5.74) is 0. The van der Waals surface area contributed by atoms with E-state index in [-0.39, 0.29) is 13.0 Å². The Morgan fingerprint density at radius 1 is 1.33 bits per heavy atom. The molecule has 104 valence electrons. The number of aliphatic hydroxyl groups excluding tert-OH is 1. The summed E-state index contributed by atoms with van der Waals surface area (Å²) in [6, 6.07) is -1.30. The Kier molecular flexibility index (Phi) is 5.91. The molecule has 0 radical (unpaired) electrons. The predicted octanol–water partition coefficient (Wildman–Crippen LogP) is 0.796. The fourth-order valence-electron chi connectivity index (χ4n) is 2.12.